The molecular weight excluding hydrogens is 228 g/mol. The van der Waals surface area contributed by atoms with Gasteiger partial charge in [-0.15, -0.1) is 0 Å². The lowest BCUT2D eigenvalue weighted by Gasteiger charge is -2.35. The zero-order valence-corrected chi connectivity index (χ0v) is 11.2. The molecule has 0 bridgehead atoms. The molecule has 1 unspecified atom stereocenters. The topological polar surface area (TPSA) is 29.3 Å². The average molecular weight is 248 g/mol. The van der Waals surface area contributed by atoms with Gasteiger partial charge in [0.05, 0.1) is 11.0 Å². The van der Waals surface area contributed by atoms with Gasteiger partial charge in [-0.1, -0.05) is 48.5 Å². The highest BCUT2D eigenvalue weighted by Crippen LogP contribution is 2.20. The third kappa shape index (κ3) is 3.27. The first-order valence-corrected chi connectivity index (χ1v) is 6.66. The van der Waals surface area contributed by atoms with Crippen LogP contribution in [0.4, 0.5) is 0 Å². The molecule has 0 aromatic heterocycles. The van der Waals surface area contributed by atoms with E-state index in [1.54, 1.807) is 0 Å². The fourth-order valence-electron chi connectivity index (χ4n) is 2.43. The van der Waals surface area contributed by atoms with Crippen molar-refractivity contribution in [3.63, 3.8) is 0 Å². The lowest BCUT2D eigenvalue weighted by molar-refractivity contribution is 0.184. The van der Waals surface area contributed by atoms with Crippen molar-refractivity contribution in [1.29, 1.82) is 0 Å². The number of thiocarbonyl (C=S) groups is 1. The second-order valence-electron chi connectivity index (χ2n) is 4.87. The number of aryl methyl sites for hydroxylation is 1. The summed E-state index contributed by atoms with van der Waals surface area (Å²) in [5.41, 5.74) is 8.48. The Hall–Kier alpha value is -0.930. The van der Waals surface area contributed by atoms with Gasteiger partial charge >= 0.3 is 0 Å². The molecule has 1 aromatic rings. The maximum atomic E-state index is 5.83. The maximum absolute atomic E-state index is 5.83. The molecule has 0 saturated carbocycles. The zero-order chi connectivity index (χ0) is 12.3. The monoisotopic (exact) mass is 248 g/mol. The van der Waals surface area contributed by atoms with Crippen molar-refractivity contribution in [2.45, 2.75) is 38.8 Å². The minimum absolute atomic E-state index is 0.292. The molecule has 2 nitrogen and oxygen atoms in total. The van der Waals surface area contributed by atoms with E-state index in [1.807, 2.05) is 0 Å². The van der Waals surface area contributed by atoms with Crippen LogP contribution in [0.1, 0.15) is 30.4 Å². The number of rotatable bonds is 3. The lowest BCUT2D eigenvalue weighted by Crippen LogP contribution is -2.46. The van der Waals surface area contributed by atoms with Crippen molar-refractivity contribution >= 4 is 17.2 Å². The molecule has 2 rings (SSSR count). The van der Waals surface area contributed by atoms with Crippen LogP contribution in [0.3, 0.4) is 0 Å². The number of nitrogens with two attached hydrogens (primary N) is 1. The normalized spacial score (nSPS) is 21.4. The van der Waals surface area contributed by atoms with Crippen molar-refractivity contribution in [1.82, 2.24) is 4.90 Å². The van der Waals surface area contributed by atoms with Crippen LogP contribution in [0.15, 0.2) is 24.3 Å². The molecule has 17 heavy (non-hydrogen) atoms. The third-order valence-electron chi connectivity index (χ3n) is 3.45. The Bertz CT molecular complexity index is 386. The summed E-state index contributed by atoms with van der Waals surface area (Å²) in [5, 5.41) is 0. The van der Waals surface area contributed by atoms with Crippen molar-refractivity contribution < 1.29 is 0 Å². The minimum Gasteiger partial charge on any atom is -0.392 e. The van der Waals surface area contributed by atoms with E-state index in [4.69, 9.17) is 18.0 Å². The summed E-state index contributed by atoms with van der Waals surface area (Å²) >= 11 is 5.17. The van der Waals surface area contributed by atoms with Crippen LogP contribution in [-0.4, -0.2) is 22.5 Å². The number of piperidine rings is 1. The first-order chi connectivity index (χ1) is 8.16. The molecule has 92 valence electrons. The highest BCUT2D eigenvalue weighted by molar-refractivity contribution is 7.80. The standard InChI is InChI=1S/C14H20N2S/c1-11-5-7-12(8-6-11)10-16-9-3-2-4-13(16)14(15)17/h5-8,13H,2-4,9-10H2,1H3,(H2,15,17). The Kier molecular flexibility index (Phi) is 4.13. The van der Waals surface area contributed by atoms with Crippen LogP contribution in [0.25, 0.3) is 0 Å². The number of hydrogen-bond donors (Lipinski definition) is 1. The van der Waals surface area contributed by atoms with E-state index >= 15 is 0 Å². The number of hydrogen-bond acceptors (Lipinski definition) is 2. The van der Waals surface area contributed by atoms with Gasteiger partial charge in [0.25, 0.3) is 0 Å². The Morgan fingerprint density at radius 2 is 2.06 bits per heavy atom. The molecule has 3 heteroatoms. The van der Waals surface area contributed by atoms with Gasteiger partial charge in [-0.2, -0.15) is 0 Å². The fourth-order valence-corrected chi connectivity index (χ4v) is 2.70. The first kappa shape index (κ1) is 12.5. The summed E-state index contributed by atoms with van der Waals surface area (Å²) in [5.74, 6) is 0. The van der Waals surface area contributed by atoms with Crippen LogP contribution in [-0.2, 0) is 6.54 Å². The molecule has 2 N–H and O–H groups in total. The van der Waals surface area contributed by atoms with Crippen LogP contribution in [0.2, 0.25) is 0 Å². The van der Waals surface area contributed by atoms with E-state index in [1.165, 1.54) is 24.0 Å². The molecule has 0 amide bonds. The fraction of sp³-hybridized carbons (Fsp3) is 0.500. The summed E-state index contributed by atoms with van der Waals surface area (Å²) < 4.78 is 0. The van der Waals surface area contributed by atoms with Gasteiger partial charge in [0.1, 0.15) is 0 Å². The maximum Gasteiger partial charge on any atom is 0.0902 e. The molecule has 1 fully saturated rings. The van der Waals surface area contributed by atoms with E-state index in [9.17, 15) is 0 Å². The van der Waals surface area contributed by atoms with Crippen molar-refractivity contribution in [3.05, 3.63) is 35.4 Å². The van der Waals surface area contributed by atoms with Gasteiger partial charge < -0.3 is 5.73 Å². The molecule has 1 atom stereocenters. The molecule has 1 aromatic carbocycles. The summed E-state index contributed by atoms with van der Waals surface area (Å²) in [6.07, 6.45) is 3.61. The highest BCUT2D eigenvalue weighted by atomic mass is 32.1. The van der Waals surface area contributed by atoms with E-state index < -0.39 is 0 Å². The largest absolute Gasteiger partial charge is 0.392 e. The number of benzene rings is 1. The second-order valence-corrected chi connectivity index (χ2v) is 5.34. The zero-order valence-electron chi connectivity index (χ0n) is 10.4. The molecule has 1 aliphatic heterocycles. The summed E-state index contributed by atoms with van der Waals surface area (Å²) in [4.78, 5) is 3.06. The lowest BCUT2D eigenvalue weighted by atomic mass is 10.0. The molecular formula is C14H20N2S. The minimum atomic E-state index is 0.292. The van der Waals surface area contributed by atoms with Gasteiger partial charge in [0.15, 0.2) is 0 Å². The third-order valence-corrected chi connectivity index (χ3v) is 3.72. The van der Waals surface area contributed by atoms with E-state index in [-0.39, 0.29) is 0 Å². The summed E-state index contributed by atoms with van der Waals surface area (Å²) in [6.45, 7) is 4.18. The van der Waals surface area contributed by atoms with Crippen molar-refractivity contribution in [2.75, 3.05) is 6.54 Å². The molecule has 0 radical (unpaired) electrons. The van der Waals surface area contributed by atoms with Gasteiger partial charge in [0.2, 0.25) is 0 Å². The second kappa shape index (κ2) is 5.61. The van der Waals surface area contributed by atoms with Gasteiger partial charge in [0, 0.05) is 6.54 Å². The van der Waals surface area contributed by atoms with Crippen LogP contribution in [0, 0.1) is 6.92 Å². The Labute approximate surface area is 109 Å². The van der Waals surface area contributed by atoms with Crippen molar-refractivity contribution in [3.8, 4) is 0 Å². The quantitative estimate of drug-likeness (QED) is 0.834. The first-order valence-electron chi connectivity index (χ1n) is 6.26. The summed E-state index contributed by atoms with van der Waals surface area (Å²) in [7, 11) is 0. The van der Waals surface area contributed by atoms with E-state index in [0.29, 0.717) is 11.0 Å². The SMILES string of the molecule is Cc1ccc(CN2CCCCC2C(N)=S)cc1. The number of likely N-dealkylation sites (tertiary alicyclic amines) is 1. The Morgan fingerprint density at radius 3 is 2.71 bits per heavy atom. The predicted octanol–water partition coefficient (Wildman–Crippen LogP) is 2.64. The van der Waals surface area contributed by atoms with Gasteiger partial charge in [-0.25, -0.2) is 0 Å². The average Bonchev–Trinajstić information content (AvgIpc) is 2.32. The van der Waals surface area contributed by atoms with Gasteiger partial charge in [-0.05, 0) is 31.9 Å². The smallest absolute Gasteiger partial charge is 0.0902 e. The molecule has 1 saturated heterocycles. The summed E-state index contributed by atoms with van der Waals surface area (Å²) in [6, 6.07) is 9.01. The Morgan fingerprint density at radius 1 is 1.35 bits per heavy atom. The number of nitrogens with zero attached hydrogens (tertiary/aromatic N) is 1. The molecule has 1 heterocycles. The van der Waals surface area contributed by atoms with Crippen LogP contribution in [0.5, 0.6) is 0 Å². The Balaban J connectivity index is 2.05. The van der Waals surface area contributed by atoms with E-state index in [0.717, 1.165) is 19.5 Å². The predicted molar refractivity (Wildman–Crippen MR) is 76.0 cm³/mol. The van der Waals surface area contributed by atoms with Crippen LogP contribution >= 0.6 is 12.2 Å². The molecule has 0 spiro atoms. The molecule has 0 aliphatic carbocycles. The van der Waals surface area contributed by atoms with Crippen LogP contribution < -0.4 is 5.73 Å². The van der Waals surface area contributed by atoms with Crippen molar-refractivity contribution in [2.24, 2.45) is 5.73 Å². The highest BCUT2D eigenvalue weighted by Gasteiger charge is 2.24. The molecule has 1 aliphatic rings. The van der Waals surface area contributed by atoms with E-state index in [2.05, 4.69) is 36.1 Å². The van der Waals surface area contributed by atoms with Gasteiger partial charge in [-0.3, -0.25) is 4.90 Å².